The average molecular weight is 934 g/mol. The maximum absolute atomic E-state index is 14.5. The van der Waals surface area contributed by atoms with E-state index in [0.29, 0.717) is 71.2 Å². The second-order valence-corrected chi connectivity index (χ2v) is 19.1. The van der Waals surface area contributed by atoms with Gasteiger partial charge in [-0.1, -0.05) is 19.3 Å². The first kappa shape index (κ1) is 46.5. The monoisotopic (exact) mass is 933 g/mol. The van der Waals surface area contributed by atoms with Crippen molar-refractivity contribution in [2.45, 2.75) is 97.1 Å². The summed E-state index contributed by atoms with van der Waals surface area (Å²) in [4.78, 5) is 71.2. The highest BCUT2D eigenvalue weighted by molar-refractivity contribution is 6.23. The number of halogens is 2. The van der Waals surface area contributed by atoms with Crippen molar-refractivity contribution in [1.82, 2.24) is 34.8 Å². The zero-order chi connectivity index (χ0) is 48.0. The molecular formula is C50H61F2N11O5. The van der Waals surface area contributed by atoms with Crippen LogP contribution in [0.1, 0.15) is 120 Å². The number of H-pyrrole nitrogens is 1. The first-order valence-electron chi connectivity index (χ1n) is 23.9. The smallest absolute Gasteiger partial charge is 0.264 e. The molecule has 5 amide bonds. The Balaban J connectivity index is 0.000000171. The lowest BCUT2D eigenvalue weighted by Crippen LogP contribution is -2.54. The van der Waals surface area contributed by atoms with Crippen LogP contribution >= 0.6 is 0 Å². The Kier molecular flexibility index (Phi) is 13.1. The molecule has 2 aromatic heterocycles. The maximum Gasteiger partial charge on any atom is 0.264 e. The van der Waals surface area contributed by atoms with Gasteiger partial charge in [0.2, 0.25) is 17.7 Å². The molecule has 1 atom stereocenters. The fourth-order valence-electron chi connectivity index (χ4n) is 10.9. The number of nitrogens with one attached hydrogen (secondary N) is 2. The molecule has 6 N–H and O–H groups in total. The number of aryl methyl sites for hydroxylation is 2. The SMILES string of the molecule is CC(=O)N1CCc2[nH]nc(N3CCCc4cc(-c5cn(C)c(/C=C(/C)N)c5N)c(C(F)F)cc43)c2C1.O=C1CCC(N2C(=O)c3ccc(N4CCN(CC5CCCCC5)CC4)cc3C2=O)C(=O)N1. The molecule has 10 rings (SSSR count). The van der Waals surface area contributed by atoms with Crippen LogP contribution in [0.25, 0.3) is 17.2 Å². The van der Waals surface area contributed by atoms with Crippen molar-refractivity contribution < 1.29 is 32.8 Å². The number of alkyl halides is 2. The number of benzene rings is 2. The standard InChI is InChI=1S/C26H31F2N7O.C24H30N4O4/c1-14(29)9-23-24(30)19(12-33(23)3)17-10-16-5-4-7-35(22(16)11-18(17)25(27)28)26-20-13-34(15(2)36)8-6-21(20)31-32-26;29-21-9-8-20(22(30)25-21)28-23(31)18-7-6-17(14-19(18)24(28)32)27-12-10-26(11-13-27)15-16-4-2-1-3-5-16/h9-12,25H,4-8,13,29-30H2,1-3H3,(H,31,32);6-7,14,16,20H,1-5,8-13,15H2,(H,25,29,30)/b14-9-;. The van der Waals surface area contributed by atoms with Crippen molar-refractivity contribution in [2.24, 2.45) is 18.7 Å². The summed E-state index contributed by atoms with van der Waals surface area (Å²) in [6.45, 7) is 10.0. The van der Waals surface area contributed by atoms with E-state index in [1.54, 1.807) is 53.8 Å². The summed E-state index contributed by atoms with van der Waals surface area (Å²) < 4.78 is 30.7. The molecule has 1 aliphatic carbocycles. The molecule has 6 aliphatic rings. The predicted molar refractivity (Wildman–Crippen MR) is 255 cm³/mol. The van der Waals surface area contributed by atoms with Gasteiger partial charge in [-0.05, 0) is 92.5 Å². The quantitative estimate of drug-likeness (QED) is 0.151. The topological polar surface area (TPSA) is 199 Å². The lowest BCUT2D eigenvalue weighted by atomic mass is 9.89. The predicted octanol–water partition coefficient (Wildman–Crippen LogP) is 6.03. The first-order valence-corrected chi connectivity index (χ1v) is 23.9. The highest BCUT2D eigenvalue weighted by Crippen LogP contribution is 2.45. The molecule has 3 fully saturated rings. The molecule has 4 aromatic rings. The molecule has 1 saturated carbocycles. The van der Waals surface area contributed by atoms with E-state index < -0.39 is 30.2 Å². The Morgan fingerprint density at radius 2 is 1.62 bits per heavy atom. The third kappa shape index (κ3) is 9.09. The number of rotatable bonds is 8. The van der Waals surface area contributed by atoms with Crippen molar-refractivity contribution >= 4 is 58.5 Å². The summed E-state index contributed by atoms with van der Waals surface area (Å²) in [5, 5.41) is 9.90. The van der Waals surface area contributed by atoms with Gasteiger partial charge in [-0.15, -0.1) is 0 Å². The molecule has 0 radical (unpaired) electrons. The lowest BCUT2D eigenvalue weighted by Gasteiger charge is -2.38. The van der Waals surface area contributed by atoms with Crippen LogP contribution in [0.3, 0.4) is 0 Å². The van der Waals surface area contributed by atoms with Gasteiger partial charge in [-0.3, -0.25) is 44.2 Å². The number of hydrogen-bond donors (Lipinski definition) is 4. The number of nitrogens with two attached hydrogens (primary N) is 2. The lowest BCUT2D eigenvalue weighted by molar-refractivity contribution is -0.136. The Morgan fingerprint density at radius 3 is 2.32 bits per heavy atom. The molecule has 0 spiro atoms. The van der Waals surface area contributed by atoms with Gasteiger partial charge in [0.15, 0.2) is 5.82 Å². The largest absolute Gasteiger partial charge is 0.402 e. The van der Waals surface area contributed by atoms with Crippen molar-refractivity contribution in [3.8, 4) is 11.1 Å². The maximum atomic E-state index is 14.5. The Morgan fingerprint density at radius 1 is 0.868 bits per heavy atom. The zero-order valence-corrected chi connectivity index (χ0v) is 39.1. The zero-order valence-electron chi connectivity index (χ0n) is 39.1. The van der Waals surface area contributed by atoms with E-state index in [0.717, 1.165) is 78.0 Å². The molecule has 68 heavy (non-hydrogen) atoms. The molecule has 2 aromatic carbocycles. The molecule has 0 bridgehead atoms. The van der Waals surface area contributed by atoms with E-state index >= 15 is 0 Å². The number of fused-ring (bicyclic) bond motifs is 3. The summed E-state index contributed by atoms with van der Waals surface area (Å²) >= 11 is 0. The molecule has 18 heteroatoms. The number of piperidine rings is 1. The number of aromatic amines is 1. The number of nitrogen functional groups attached to an aromatic ring is 1. The van der Waals surface area contributed by atoms with E-state index in [1.165, 1.54) is 38.6 Å². The second-order valence-electron chi connectivity index (χ2n) is 19.1. The number of imide groups is 2. The van der Waals surface area contributed by atoms with Gasteiger partial charge in [0.05, 0.1) is 29.1 Å². The van der Waals surface area contributed by atoms with Crippen LogP contribution in [0.5, 0.6) is 0 Å². The Hall–Kier alpha value is -6.56. The summed E-state index contributed by atoms with van der Waals surface area (Å²) in [5.74, 6) is -0.304. The number of nitrogens with zero attached hydrogens (tertiary/aromatic N) is 7. The molecule has 360 valence electrons. The number of amides is 5. The fraction of sp³-hybridized carbons (Fsp3) is 0.480. The van der Waals surface area contributed by atoms with E-state index in [-0.39, 0.29) is 30.2 Å². The number of aromatic nitrogens is 3. The van der Waals surface area contributed by atoms with Crippen LogP contribution < -0.4 is 26.6 Å². The van der Waals surface area contributed by atoms with Gasteiger partial charge in [-0.25, -0.2) is 8.78 Å². The van der Waals surface area contributed by atoms with Gasteiger partial charge in [-0.2, -0.15) is 5.10 Å². The molecule has 5 aliphatic heterocycles. The van der Waals surface area contributed by atoms with E-state index in [4.69, 9.17) is 11.5 Å². The van der Waals surface area contributed by atoms with Crippen molar-refractivity contribution in [3.63, 3.8) is 0 Å². The first-order chi connectivity index (χ1) is 32.7. The summed E-state index contributed by atoms with van der Waals surface area (Å²) in [6.07, 6.45) is 10.2. The average Bonchev–Trinajstić information content (AvgIpc) is 3.95. The third-order valence-electron chi connectivity index (χ3n) is 14.5. The van der Waals surface area contributed by atoms with Gasteiger partial charge in [0.25, 0.3) is 18.2 Å². The van der Waals surface area contributed by atoms with Gasteiger partial charge in [0.1, 0.15) is 6.04 Å². The summed E-state index contributed by atoms with van der Waals surface area (Å²) in [6, 6.07) is 7.89. The number of anilines is 4. The van der Waals surface area contributed by atoms with Crippen LogP contribution in [0.4, 0.5) is 31.7 Å². The van der Waals surface area contributed by atoms with Crippen LogP contribution in [-0.2, 0) is 40.8 Å². The van der Waals surface area contributed by atoms with Crippen LogP contribution in [0.15, 0.2) is 42.2 Å². The van der Waals surface area contributed by atoms with Gasteiger partial charge < -0.3 is 30.7 Å². The van der Waals surface area contributed by atoms with Crippen molar-refractivity contribution in [3.05, 3.63) is 81.4 Å². The number of carbonyl (C=O) groups is 5. The van der Waals surface area contributed by atoms with Crippen LogP contribution in [0, 0.1) is 5.92 Å². The number of carbonyl (C=O) groups excluding carboxylic acids is 5. The molecule has 16 nitrogen and oxygen atoms in total. The number of piperazine rings is 1. The van der Waals surface area contributed by atoms with Crippen molar-refractivity contribution in [2.75, 3.05) is 61.3 Å². The highest BCUT2D eigenvalue weighted by atomic mass is 19.3. The molecular weight excluding hydrogens is 873 g/mol. The van der Waals surface area contributed by atoms with E-state index in [2.05, 4.69) is 25.3 Å². The van der Waals surface area contributed by atoms with Gasteiger partial charge in [0, 0.05) is 118 Å². The summed E-state index contributed by atoms with van der Waals surface area (Å²) in [5.41, 5.74) is 20.1. The normalized spacial score (nSPS) is 20.3. The van der Waals surface area contributed by atoms with Gasteiger partial charge >= 0.3 is 0 Å². The van der Waals surface area contributed by atoms with E-state index in [1.807, 2.05) is 24.1 Å². The third-order valence-corrected chi connectivity index (χ3v) is 14.5. The Bertz CT molecular complexity index is 2670. The fourth-order valence-corrected chi connectivity index (χ4v) is 10.9. The molecule has 2 saturated heterocycles. The van der Waals surface area contributed by atoms with Crippen molar-refractivity contribution in [1.29, 1.82) is 0 Å². The Labute approximate surface area is 394 Å². The second kappa shape index (κ2) is 19.2. The van der Waals surface area contributed by atoms with Crippen LogP contribution in [0.2, 0.25) is 0 Å². The number of hydrogen-bond acceptors (Lipinski definition) is 11. The minimum Gasteiger partial charge on any atom is -0.402 e. The summed E-state index contributed by atoms with van der Waals surface area (Å²) in [7, 11) is 1.82. The number of allylic oxidation sites excluding steroid dienone is 1. The van der Waals surface area contributed by atoms with E-state index in [9.17, 15) is 32.8 Å². The minimum absolute atomic E-state index is 0.0102. The molecule has 1 unspecified atom stereocenters. The van der Waals surface area contributed by atoms with Crippen LogP contribution in [-0.4, -0.2) is 111 Å². The minimum atomic E-state index is -2.69. The highest BCUT2D eigenvalue weighted by Gasteiger charge is 2.45. The molecule has 7 heterocycles.